The Hall–Kier alpha value is -2.59. The van der Waals surface area contributed by atoms with Crippen LogP contribution in [0.25, 0.3) is 0 Å². The predicted molar refractivity (Wildman–Crippen MR) is 119 cm³/mol. The number of nitrogens with one attached hydrogen (secondary N) is 1. The molecular formula is C25H31N3O. The summed E-state index contributed by atoms with van der Waals surface area (Å²) in [5, 5.41) is 3.01. The molecule has 1 atom stereocenters. The Morgan fingerprint density at radius 1 is 1.07 bits per heavy atom. The maximum absolute atomic E-state index is 12.6. The van der Waals surface area contributed by atoms with Gasteiger partial charge in [0.1, 0.15) is 0 Å². The van der Waals surface area contributed by atoms with Crippen LogP contribution in [0.4, 0.5) is 10.5 Å². The van der Waals surface area contributed by atoms with Crippen LogP contribution in [0.1, 0.15) is 31.2 Å². The Labute approximate surface area is 174 Å². The molecule has 0 aromatic heterocycles. The van der Waals surface area contributed by atoms with E-state index >= 15 is 0 Å². The van der Waals surface area contributed by atoms with Gasteiger partial charge in [0.05, 0.1) is 0 Å². The first-order valence-corrected chi connectivity index (χ1v) is 10.8. The molecule has 1 fully saturated rings. The Morgan fingerprint density at radius 2 is 1.69 bits per heavy atom. The molecule has 29 heavy (non-hydrogen) atoms. The molecule has 2 aliphatic rings. The molecule has 4 rings (SSSR count). The number of carbonyl (C=O) groups is 1. The normalized spacial score (nSPS) is 18.4. The number of anilines is 1. The standard InChI is InChI=1S/C25H31N3O/c1-27(25(29)26-22-13-6-3-7-14-22)23-15-17-28(18-16-23)24(21-11-8-12-21)19-20-9-4-2-5-10-20/h2-7,9-11,13-14,23-24H,8,12,15-19H2,1H3,(H,26,29). The summed E-state index contributed by atoms with van der Waals surface area (Å²) in [4.78, 5) is 17.1. The lowest BCUT2D eigenvalue weighted by molar-refractivity contribution is 0.118. The third-order valence-electron chi connectivity index (χ3n) is 6.37. The van der Waals surface area contributed by atoms with Gasteiger partial charge in [0.15, 0.2) is 0 Å². The zero-order valence-corrected chi connectivity index (χ0v) is 17.3. The minimum absolute atomic E-state index is 0.0165. The van der Waals surface area contributed by atoms with Gasteiger partial charge in [-0.15, -0.1) is 0 Å². The number of urea groups is 1. The molecule has 0 radical (unpaired) electrons. The minimum Gasteiger partial charge on any atom is -0.325 e. The van der Waals surface area contributed by atoms with Gasteiger partial charge in [-0.2, -0.15) is 0 Å². The highest BCUT2D eigenvalue weighted by Crippen LogP contribution is 2.30. The zero-order chi connectivity index (χ0) is 20.1. The van der Waals surface area contributed by atoms with Crippen molar-refractivity contribution in [3.8, 4) is 0 Å². The number of amides is 2. The van der Waals surface area contributed by atoms with Gasteiger partial charge in [0, 0.05) is 37.9 Å². The molecule has 0 spiro atoms. The fourth-order valence-electron chi connectivity index (χ4n) is 4.43. The second-order valence-electron chi connectivity index (χ2n) is 8.20. The molecule has 4 heteroatoms. The molecule has 2 aromatic rings. The molecule has 1 heterocycles. The summed E-state index contributed by atoms with van der Waals surface area (Å²) >= 11 is 0. The van der Waals surface area contributed by atoms with Gasteiger partial charge in [0.25, 0.3) is 0 Å². The summed E-state index contributed by atoms with van der Waals surface area (Å²) in [6.07, 6.45) is 8.01. The molecule has 0 saturated carbocycles. The van der Waals surface area contributed by atoms with Crippen molar-refractivity contribution < 1.29 is 4.79 Å². The van der Waals surface area contributed by atoms with Crippen LogP contribution < -0.4 is 5.32 Å². The van der Waals surface area contributed by atoms with Gasteiger partial charge in [-0.25, -0.2) is 4.79 Å². The van der Waals surface area contributed by atoms with E-state index < -0.39 is 0 Å². The monoisotopic (exact) mass is 389 g/mol. The van der Waals surface area contributed by atoms with Gasteiger partial charge in [-0.1, -0.05) is 60.2 Å². The van der Waals surface area contributed by atoms with Crippen molar-refractivity contribution in [1.29, 1.82) is 0 Å². The van der Waals surface area contributed by atoms with Crippen LogP contribution in [0.2, 0.25) is 0 Å². The fraction of sp³-hybridized carbons (Fsp3) is 0.400. The SMILES string of the molecule is CN(C(=O)Nc1ccccc1)C1CCN(C(Cc2ccccc2)C2=CCC2)CC1. The summed E-state index contributed by atoms with van der Waals surface area (Å²) < 4.78 is 0. The average Bonchev–Trinajstić information content (AvgIpc) is 2.73. The lowest BCUT2D eigenvalue weighted by Crippen LogP contribution is -2.50. The van der Waals surface area contributed by atoms with Crippen LogP contribution in [0.15, 0.2) is 72.3 Å². The maximum atomic E-state index is 12.6. The number of likely N-dealkylation sites (tertiary alicyclic amines) is 1. The molecule has 4 nitrogen and oxygen atoms in total. The molecule has 152 valence electrons. The Bertz CT molecular complexity index is 826. The molecule has 1 aliphatic carbocycles. The van der Waals surface area contributed by atoms with E-state index in [-0.39, 0.29) is 6.03 Å². The van der Waals surface area contributed by atoms with E-state index in [1.165, 1.54) is 18.4 Å². The van der Waals surface area contributed by atoms with Crippen molar-refractivity contribution >= 4 is 11.7 Å². The molecule has 1 unspecified atom stereocenters. The van der Waals surface area contributed by atoms with Gasteiger partial charge >= 0.3 is 6.03 Å². The number of rotatable bonds is 6. The van der Waals surface area contributed by atoms with Crippen molar-refractivity contribution in [3.63, 3.8) is 0 Å². The first kappa shape index (κ1) is 19.7. The molecule has 2 amide bonds. The number of benzene rings is 2. The summed E-state index contributed by atoms with van der Waals surface area (Å²) in [6.45, 7) is 2.09. The van der Waals surface area contributed by atoms with Crippen LogP contribution in [-0.4, -0.2) is 48.1 Å². The lowest BCUT2D eigenvalue weighted by Gasteiger charge is -2.42. The molecule has 1 saturated heterocycles. The number of allylic oxidation sites excluding steroid dienone is 1. The number of hydrogen-bond acceptors (Lipinski definition) is 2. The Kier molecular flexibility index (Phi) is 6.30. The van der Waals surface area contributed by atoms with Gasteiger partial charge in [-0.3, -0.25) is 4.90 Å². The van der Waals surface area contributed by atoms with Crippen LogP contribution in [-0.2, 0) is 6.42 Å². The largest absolute Gasteiger partial charge is 0.325 e. The Morgan fingerprint density at radius 3 is 2.28 bits per heavy atom. The molecule has 1 aliphatic heterocycles. The highest BCUT2D eigenvalue weighted by molar-refractivity contribution is 5.89. The lowest BCUT2D eigenvalue weighted by atomic mass is 9.86. The average molecular weight is 390 g/mol. The number of para-hydroxylation sites is 1. The van der Waals surface area contributed by atoms with E-state index in [0.717, 1.165) is 38.0 Å². The topological polar surface area (TPSA) is 35.6 Å². The summed E-state index contributed by atoms with van der Waals surface area (Å²) in [5.41, 5.74) is 3.86. The molecular weight excluding hydrogens is 358 g/mol. The van der Waals surface area contributed by atoms with Crippen molar-refractivity contribution in [2.24, 2.45) is 0 Å². The number of nitrogens with zero attached hydrogens (tertiary/aromatic N) is 2. The van der Waals surface area contributed by atoms with Crippen molar-refractivity contribution in [2.75, 3.05) is 25.5 Å². The van der Waals surface area contributed by atoms with Crippen LogP contribution in [0, 0.1) is 0 Å². The van der Waals surface area contributed by atoms with E-state index in [9.17, 15) is 4.79 Å². The second-order valence-corrected chi connectivity index (χ2v) is 8.20. The van der Waals surface area contributed by atoms with Crippen molar-refractivity contribution in [1.82, 2.24) is 9.80 Å². The summed E-state index contributed by atoms with van der Waals surface area (Å²) in [6, 6.07) is 21.3. The number of hydrogen-bond donors (Lipinski definition) is 1. The smallest absolute Gasteiger partial charge is 0.321 e. The highest BCUT2D eigenvalue weighted by Gasteiger charge is 2.31. The molecule has 0 bridgehead atoms. The predicted octanol–water partition coefficient (Wildman–Crippen LogP) is 4.95. The second kappa shape index (κ2) is 9.27. The van der Waals surface area contributed by atoms with E-state index in [2.05, 4.69) is 46.6 Å². The van der Waals surface area contributed by atoms with Crippen molar-refractivity contribution in [3.05, 3.63) is 77.9 Å². The molecule has 1 N–H and O–H groups in total. The van der Waals surface area contributed by atoms with Crippen LogP contribution in [0.5, 0.6) is 0 Å². The third-order valence-corrected chi connectivity index (χ3v) is 6.37. The first-order valence-electron chi connectivity index (χ1n) is 10.8. The zero-order valence-electron chi connectivity index (χ0n) is 17.3. The van der Waals surface area contributed by atoms with E-state index in [0.29, 0.717) is 12.1 Å². The Balaban J connectivity index is 1.34. The third kappa shape index (κ3) is 4.88. The van der Waals surface area contributed by atoms with Gasteiger partial charge < -0.3 is 10.2 Å². The van der Waals surface area contributed by atoms with Gasteiger partial charge in [0.2, 0.25) is 0 Å². The summed E-state index contributed by atoms with van der Waals surface area (Å²) in [5.74, 6) is 0. The van der Waals surface area contributed by atoms with E-state index in [1.807, 2.05) is 42.3 Å². The first-order chi connectivity index (χ1) is 14.2. The molecule has 2 aromatic carbocycles. The van der Waals surface area contributed by atoms with Crippen molar-refractivity contribution in [2.45, 2.75) is 44.2 Å². The highest BCUT2D eigenvalue weighted by atomic mass is 16.2. The van der Waals surface area contributed by atoms with Gasteiger partial charge in [-0.05, 0) is 49.8 Å². The van der Waals surface area contributed by atoms with Crippen LogP contribution >= 0.6 is 0 Å². The number of carbonyl (C=O) groups excluding carboxylic acids is 1. The minimum atomic E-state index is -0.0165. The number of piperidine rings is 1. The van der Waals surface area contributed by atoms with E-state index in [1.54, 1.807) is 5.57 Å². The summed E-state index contributed by atoms with van der Waals surface area (Å²) in [7, 11) is 1.93. The fourth-order valence-corrected chi connectivity index (χ4v) is 4.43. The maximum Gasteiger partial charge on any atom is 0.321 e. The van der Waals surface area contributed by atoms with Crippen LogP contribution in [0.3, 0.4) is 0 Å². The van der Waals surface area contributed by atoms with E-state index in [4.69, 9.17) is 0 Å². The quantitative estimate of drug-likeness (QED) is 0.710.